The van der Waals surface area contributed by atoms with Gasteiger partial charge in [0.2, 0.25) is 5.56 Å². The van der Waals surface area contributed by atoms with E-state index in [1.807, 2.05) is 0 Å². The van der Waals surface area contributed by atoms with E-state index in [1.165, 1.54) is 18.2 Å². The lowest BCUT2D eigenvalue weighted by Crippen LogP contribution is -2.11. The van der Waals surface area contributed by atoms with Crippen molar-refractivity contribution < 1.29 is 13.2 Å². The first-order valence-corrected chi connectivity index (χ1v) is 6.71. The molecule has 0 amide bonds. The molecule has 2 nitrogen and oxygen atoms in total. The standard InChI is InChI=1S/C17H12F3NO/c18-17(19,20)14-7-3-1-5-11(14)9-12-10-16(22)21-15-8-4-2-6-13(12)15/h1-8,10H,9H2,(H,21,22). The van der Waals surface area contributed by atoms with Crippen molar-refractivity contribution in [3.63, 3.8) is 0 Å². The lowest BCUT2D eigenvalue weighted by atomic mass is 9.97. The Kier molecular flexibility index (Phi) is 3.48. The first kappa shape index (κ1) is 14.4. The Bertz CT molecular complexity index is 881. The fraction of sp³-hybridized carbons (Fsp3) is 0.118. The van der Waals surface area contributed by atoms with Gasteiger partial charge in [-0.25, -0.2) is 0 Å². The molecule has 3 rings (SSSR count). The number of hydrogen-bond acceptors (Lipinski definition) is 1. The van der Waals surface area contributed by atoms with E-state index in [-0.39, 0.29) is 17.5 Å². The quantitative estimate of drug-likeness (QED) is 0.758. The Morgan fingerprint density at radius 1 is 0.909 bits per heavy atom. The number of aromatic amines is 1. The zero-order chi connectivity index (χ0) is 15.7. The fourth-order valence-electron chi connectivity index (χ4n) is 2.58. The summed E-state index contributed by atoms with van der Waals surface area (Å²) in [5.41, 5.74) is 0.369. The Hall–Kier alpha value is -2.56. The highest BCUT2D eigenvalue weighted by atomic mass is 19.4. The second-order valence-electron chi connectivity index (χ2n) is 5.04. The van der Waals surface area contributed by atoms with Gasteiger partial charge in [0.25, 0.3) is 0 Å². The minimum Gasteiger partial charge on any atom is -0.322 e. The maximum Gasteiger partial charge on any atom is 0.416 e. The summed E-state index contributed by atoms with van der Waals surface area (Å²) in [6.07, 6.45) is -4.35. The van der Waals surface area contributed by atoms with E-state index >= 15 is 0 Å². The van der Waals surface area contributed by atoms with Crippen molar-refractivity contribution in [1.82, 2.24) is 4.98 Å². The average molecular weight is 303 g/mol. The summed E-state index contributed by atoms with van der Waals surface area (Å²) < 4.78 is 39.2. The van der Waals surface area contributed by atoms with Crippen LogP contribution in [-0.2, 0) is 12.6 Å². The number of para-hydroxylation sites is 1. The minimum absolute atomic E-state index is 0.0557. The molecule has 1 heterocycles. The normalized spacial score (nSPS) is 11.8. The van der Waals surface area contributed by atoms with Gasteiger partial charge in [0.05, 0.1) is 5.56 Å². The Balaban J connectivity index is 2.14. The Labute approximate surface area is 124 Å². The summed E-state index contributed by atoms with van der Waals surface area (Å²) in [5, 5.41) is 0.749. The van der Waals surface area contributed by atoms with Crippen LogP contribution in [-0.4, -0.2) is 4.98 Å². The van der Waals surface area contributed by atoms with Crippen molar-refractivity contribution in [2.75, 3.05) is 0 Å². The van der Waals surface area contributed by atoms with Crippen molar-refractivity contribution in [2.45, 2.75) is 12.6 Å². The minimum atomic E-state index is -4.41. The van der Waals surface area contributed by atoms with Crippen LogP contribution in [0.25, 0.3) is 10.9 Å². The smallest absolute Gasteiger partial charge is 0.322 e. The maximum absolute atomic E-state index is 13.1. The van der Waals surface area contributed by atoms with Crippen molar-refractivity contribution >= 4 is 10.9 Å². The monoisotopic (exact) mass is 303 g/mol. The van der Waals surface area contributed by atoms with Gasteiger partial charge in [0.1, 0.15) is 0 Å². The summed E-state index contributed by atoms with van der Waals surface area (Å²) in [7, 11) is 0. The second-order valence-corrected chi connectivity index (χ2v) is 5.04. The molecule has 2 aromatic carbocycles. The summed E-state index contributed by atoms with van der Waals surface area (Å²) >= 11 is 0. The van der Waals surface area contributed by atoms with Crippen molar-refractivity contribution in [3.8, 4) is 0 Å². The van der Waals surface area contributed by atoms with Crippen molar-refractivity contribution in [1.29, 1.82) is 0 Å². The zero-order valence-electron chi connectivity index (χ0n) is 11.4. The summed E-state index contributed by atoms with van der Waals surface area (Å²) in [4.78, 5) is 14.4. The molecule has 5 heteroatoms. The summed E-state index contributed by atoms with van der Waals surface area (Å²) in [5.74, 6) is 0. The van der Waals surface area contributed by atoms with Gasteiger partial charge in [0.15, 0.2) is 0 Å². The third-order valence-electron chi connectivity index (χ3n) is 3.54. The number of nitrogens with one attached hydrogen (secondary N) is 1. The Morgan fingerprint density at radius 2 is 1.59 bits per heavy atom. The number of halogens is 3. The number of rotatable bonds is 2. The third kappa shape index (κ3) is 2.74. The van der Waals surface area contributed by atoms with Gasteiger partial charge >= 0.3 is 6.18 Å². The molecule has 0 unspecified atom stereocenters. The summed E-state index contributed by atoms with van der Waals surface area (Å²) in [6.45, 7) is 0. The van der Waals surface area contributed by atoms with Crippen LogP contribution in [0.5, 0.6) is 0 Å². The molecule has 3 aromatic rings. The van der Waals surface area contributed by atoms with E-state index in [4.69, 9.17) is 0 Å². The number of pyridine rings is 1. The number of alkyl halides is 3. The molecule has 1 N–H and O–H groups in total. The molecule has 1 aromatic heterocycles. The number of benzene rings is 2. The van der Waals surface area contributed by atoms with Gasteiger partial charge in [-0.1, -0.05) is 36.4 Å². The lowest BCUT2D eigenvalue weighted by molar-refractivity contribution is -0.138. The van der Waals surface area contributed by atoms with E-state index in [0.29, 0.717) is 11.1 Å². The van der Waals surface area contributed by atoms with Crippen molar-refractivity contribution in [2.24, 2.45) is 0 Å². The van der Waals surface area contributed by atoms with E-state index in [9.17, 15) is 18.0 Å². The molecule has 22 heavy (non-hydrogen) atoms. The summed E-state index contributed by atoms with van der Waals surface area (Å²) in [6, 6.07) is 13.9. The van der Waals surface area contributed by atoms with Gasteiger partial charge in [-0.05, 0) is 29.7 Å². The number of hydrogen-bond donors (Lipinski definition) is 1. The molecule has 0 radical (unpaired) electrons. The number of aromatic nitrogens is 1. The van der Waals surface area contributed by atoms with Crippen LogP contribution in [0.3, 0.4) is 0 Å². The third-order valence-corrected chi connectivity index (χ3v) is 3.54. The van der Waals surface area contributed by atoms with Crippen LogP contribution >= 0.6 is 0 Å². The maximum atomic E-state index is 13.1. The molecule has 0 saturated heterocycles. The molecule has 0 spiro atoms. The van der Waals surface area contributed by atoms with Gasteiger partial charge in [0, 0.05) is 17.0 Å². The molecule has 0 saturated carbocycles. The molecule has 112 valence electrons. The highest BCUT2D eigenvalue weighted by Crippen LogP contribution is 2.33. The van der Waals surface area contributed by atoms with Crippen LogP contribution in [0.15, 0.2) is 59.4 Å². The molecule has 0 fully saturated rings. The van der Waals surface area contributed by atoms with Crippen LogP contribution in [0.2, 0.25) is 0 Å². The highest BCUT2D eigenvalue weighted by molar-refractivity contribution is 5.82. The molecule has 0 bridgehead atoms. The first-order valence-electron chi connectivity index (χ1n) is 6.71. The SMILES string of the molecule is O=c1cc(Cc2ccccc2C(F)(F)F)c2ccccc2[nH]1. The predicted molar refractivity (Wildman–Crippen MR) is 78.8 cm³/mol. The van der Waals surface area contributed by atoms with E-state index in [1.54, 1.807) is 30.3 Å². The molecule has 0 atom stereocenters. The number of H-pyrrole nitrogens is 1. The molecule has 0 aliphatic carbocycles. The first-order chi connectivity index (χ1) is 10.4. The van der Waals surface area contributed by atoms with Crippen LogP contribution in [0.4, 0.5) is 13.2 Å². The van der Waals surface area contributed by atoms with E-state index < -0.39 is 11.7 Å². The van der Waals surface area contributed by atoms with Crippen molar-refractivity contribution in [3.05, 3.63) is 81.6 Å². The lowest BCUT2D eigenvalue weighted by Gasteiger charge is -2.13. The van der Waals surface area contributed by atoms with Gasteiger partial charge in [-0.2, -0.15) is 13.2 Å². The molecule has 0 aliphatic heterocycles. The largest absolute Gasteiger partial charge is 0.416 e. The molecular formula is C17H12F3NO. The van der Waals surface area contributed by atoms with Crippen LogP contribution < -0.4 is 5.56 Å². The van der Waals surface area contributed by atoms with Gasteiger partial charge in [-0.15, -0.1) is 0 Å². The fourth-order valence-corrected chi connectivity index (χ4v) is 2.58. The zero-order valence-corrected chi connectivity index (χ0v) is 11.4. The van der Waals surface area contributed by atoms with E-state index in [2.05, 4.69) is 4.98 Å². The van der Waals surface area contributed by atoms with Crippen LogP contribution in [0.1, 0.15) is 16.7 Å². The van der Waals surface area contributed by atoms with Gasteiger partial charge in [-0.3, -0.25) is 4.79 Å². The average Bonchev–Trinajstić information content (AvgIpc) is 2.46. The molecule has 0 aliphatic rings. The molecular weight excluding hydrogens is 291 g/mol. The topological polar surface area (TPSA) is 32.9 Å². The highest BCUT2D eigenvalue weighted by Gasteiger charge is 2.32. The predicted octanol–water partition coefficient (Wildman–Crippen LogP) is 4.14. The Morgan fingerprint density at radius 3 is 2.36 bits per heavy atom. The number of fused-ring (bicyclic) bond motifs is 1. The second kappa shape index (κ2) is 5.33. The van der Waals surface area contributed by atoms with E-state index in [0.717, 1.165) is 11.5 Å². The van der Waals surface area contributed by atoms with Crippen LogP contribution in [0, 0.1) is 0 Å². The van der Waals surface area contributed by atoms with Gasteiger partial charge < -0.3 is 4.98 Å².